The molecule has 0 N–H and O–H groups in total. The fourth-order valence-corrected chi connectivity index (χ4v) is 5.61. The number of hydrogen-bond donors (Lipinski definition) is 0. The van der Waals surface area contributed by atoms with Crippen molar-refractivity contribution >= 4 is 28.6 Å². The summed E-state index contributed by atoms with van der Waals surface area (Å²) in [6, 6.07) is 10.3. The van der Waals surface area contributed by atoms with E-state index >= 15 is 0 Å². The van der Waals surface area contributed by atoms with Gasteiger partial charge in [-0.1, -0.05) is 0 Å². The number of ether oxygens (including phenoxy) is 2. The van der Waals surface area contributed by atoms with E-state index in [0.717, 1.165) is 34.7 Å². The standard InChI is InChI=1S/C25H26N4O3S2/c1-17-4-5-23(34-17)19-12-20-14-28(24(30)15-29-8-3-7-27-29)9-11-32-25(20)21(13-19)31-10-6-22-18(2)26-16-33-22/h3-5,7-8,12-13,16H,6,9-11,14-15H2,1-2H3. The van der Waals surface area contributed by atoms with Crippen LogP contribution in [0.3, 0.4) is 0 Å². The summed E-state index contributed by atoms with van der Waals surface area (Å²) in [4.78, 5) is 22.8. The molecule has 0 unspecified atom stereocenters. The van der Waals surface area contributed by atoms with Crippen molar-refractivity contribution in [1.29, 1.82) is 0 Å². The summed E-state index contributed by atoms with van der Waals surface area (Å²) < 4.78 is 14.1. The fraction of sp³-hybridized carbons (Fsp3) is 0.320. The van der Waals surface area contributed by atoms with E-state index in [1.165, 1.54) is 14.6 Å². The van der Waals surface area contributed by atoms with Crippen LogP contribution in [0, 0.1) is 13.8 Å². The van der Waals surface area contributed by atoms with Gasteiger partial charge in [0.1, 0.15) is 13.2 Å². The van der Waals surface area contributed by atoms with Crippen molar-refractivity contribution in [2.45, 2.75) is 33.4 Å². The molecule has 0 saturated heterocycles. The van der Waals surface area contributed by atoms with Gasteiger partial charge in [-0.3, -0.25) is 9.48 Å². The molecule has 4 heterocycles. The molecule has 0 bridgehead atoms. The fourth-order valence-electron chi connectivity index (χ4n) is 3.99. The molecule has 0 atom stereocenters. The molecule has 0 radical (unpaired) electrons. The number of nitrogens with zero attached hydrogens (tertiary/aromatic N) is 4. The van der Waals surface area contributed by atoms with E-state index in [4.69, 9.17) is 9.47 Å². The van der Waals surface area contributed by atoms with Gasteiger partial charge in [0.05, 0.1) is 24.4 Å². The zero-order valence-electron chi connectivity index (χ0n) is 19.2. The third-order valence-corrected chi connectivity index (χ3v) is 7.81. The van der Waals surface area contributed by atoms with Crippen molar-refractivity contribution in [1.82, 2.24) is 19.7 Å². The molecule has 176 valence electrons. The minimum absolute atomic E-state index is 0.0145. The number of benzene rings is 1. The van der Waals surface area contributed by atoms with Gasteiger partial charge >= 0.3 is 0 Å². The summed E-state index contributed by atoms with van der Waals surface area (Å²) in [5.41, 5.74) is 4.96. The number of amides is 1. The number of hydrogen-bond acceptors (Lipinski definition) is 7. The summed E-state index contributed by atoms with van der Waals surface area (Å²) in [6.45, 7) is 6.28. The van der Waals surface area contributed by atoms with Crippen LogP contribution in [0.15, 0.2) is 48.2 Å². The van der Waals surface area contributed by atoms with Crippen molar-refractivity contribution < 1.29 is 14.3 Å². The molecule has 0 spiro atoms. The number of carbonyl (C=O) groups excluding carboxylic acids is 1. The number of rotatable bonds is 7. The smallest absolute Gasteiger partial charge is 0.244 e. The van der Waals surface area contributed by atoms with Crippen LogP contribution in [0.25, 0.3) is 10.4 Å². The van der Waals surface area contributed by atoms with E-state index in [1.807, 2.05) is 23.4 Å². The monoisotopic (exact) mass is 494 g/mol. The first kappa shape index (κ1) is 22.6. The molecule has 1 aliphatic heterocycles. The van der Waals surface area contributed by atoms with Crippen molar-refractivity contribution in [3.05, 3.63) is 69.2 Å². The average molecular weight is 495 g/mol. The van der Waals surface area contributed by atoms with Gasteiger partial charge in [0.15, 0.2) is 11.5 Å². The molecule has 0 saturated carbocycles. The highest BCUT2D eigenvalue weighted by Crippen LogP contribution is 2.40. The summed E-state index contributed by atoms with van der Waals surface area (Å²) in [7, 11) is 0. The zero-order valence-corrected chi connectivity index (χ0v) is 20.8. The first-order valence-corrected chi connectivity index (χ1v) is 12.9. The molecule has 1 aromatic carbocycles. The highest BCUT2D eigenvalue weighted by atomic mass is 32.1. The third-order valence-electron chi connectivity index (χ3n) is 5.77. The Morgan fingerprint density at radius 1 is 1.26 bits per heavy atom. The Hall–Kier alpha value is -3.17. The van der Waals surface area contributed by atoms with Crippen molar-refractivity contribution in [3.8, 4) is 21.9 Å². The van der Waals surface area contributed by atoms with Gasteiger partial charge in [-0.15, -0.1) is 22.7 Å². The van der Waals surface area contributed by atoms with Crippen LogP contribution in [0.5, 0.6) is 11.5 Å². The van der Waals surface area contributed by atoms with Crippen molar-refractivity contribution in [2.75, 3.05) is 19.8 Å². The molecule has 0 aliphatic carbocycles. The van der Waals surface area contributed by atoms with Gasteiger partial charge in [0.2, 0.25) is 5.91 Å². The van der Waals surface area contributed by atoms with E-state index in [9.17, 15) is 4.79 Å². The molecular weight excluding hydrogens is 468 g/mol. The van der Waals surface area contributed by atoms with Crippen LogP contribution in [0.1, 0.15) is 21.0 Å². The largest absolute Gasteiger partial charge is 0.489 e. The van der Waals surface area contributed by atoms with Gasteiger partial charge in [-0.2, -0.15) is 5.10 Å². The van der Waals surface area contributed by atoms with Gasteiger partial charge < -0.3 is 14.4 Å². The molecule has 7 nitrogen and oxygen atoms in total. The third kappa shape index (κ3) is 5.00. The van der Waals surface area contributed by atoms with E-state index in [0.29, 0.717) is 26.3 Å². The maximum atomic E-state index is 13.0. The first-order chi connectivity index (χ1) is 16.6. The van der Waals surface area contributed by atoms with Gasteiger partial charge in [-0.25, -0.2) is 4.98 Å². The van der Waals surface area contributed by atoms with Gasteiger partial charge in [-0.05, 0) is 49.7 Å². The minimum atomic E-state index is 0.0145. The van der Waals surface area contributed by atoms with E-state index < -0.39 is 0 Å². The number of aryl methyl sites for hydroxylation is 2. The summed E-state index contributed by atoms with van der Waals surface area (Å²) in [5, 5.41) is 4.17. The maximum absolute atomic E-state index is 13.0. The Kier molecular flexibility index (Phi) is 6.64. The second-order valence-electron chi connectivity index (χ2n) is 8.20. The van der Waals surface area contributed by atoms with Crippen LogP contribution >= 0.6 is 22.7 Å². The van der Waals surface area contributed by atoms with Crippen molar-refractivity contribution in [3.63, 3.8) is 0 Å². The van der Waals surface area contributed by atoms with E-state index in [-0.39, 0.29) is 12.5 Å². The Morgan fingerprint density at radius 2 is 2.18 bits per heavy atom. The number of thiophene rings is 1. The second kappa shape index (κ2) is 9.99. The lowest BCUT2D eigenvalue weighted by atomic mass is 10.1. The maximum Gasteiger partial charge on any atom is 0.244 e. The van der Waals surface area contributed by atoms with Crippen LogP contribution in [-0.2, 0) is 24.3 Å². The van der Waals surface area contributed by atoms with Crippen LogP contribution in [0.2, 0.25) is 0 Å². The van der Waals surface area contributed by atoms with E-state index in [1.54, 1.807) is 39.7 Å². The topological polar surface area (TPSA) is 69.5 Å². The summed E-state index contributed by atoms with van der Waals surface area (Å²) in [6.07, 6.45) is 4.27. The minimum Gasteiger partial charge on any atom is -0.489 e. The quantitative estimate of drug-likeness (QED) is 0.372. The lowest BCUT2D eigenvalue weighted by Crippen LogP contribution is -2.35. The highest BCUT2D eigenvalue weighted by Gasteiger charge is 2.24. The Balaban J connectivity index is 1.42. The predicted octanol–water partition coefficient (Wildman–Crippen LogP) is 4.73. The number of fused-ring (bicyclic) bond motifs is 1. The number of carbonyl (C=O) groups is 1. The molecule has 1 amide bonds. The normalized spacial score (nSPS) is 13.3. The van der Waals surface area contributed by atoms with Crippen LogP contribution in [0.4, 0.5) is 0 Å². The highest BCUT2D eigenvalue weighted by molar-refractivity contribution is 7.15. The van der Waals surface area contributed by atoms with Crippen molar-refractivity contribution in [2.24, 2.45) is 0 Å². The van der Waals surface area contributed by atoms with Gasteiger partial charge in [0.25, 0.3) is 0 Å². The van der Waals surface area contributed by atoms with Gasteiger partial charge in [0, 0.05) is 45.6 Å². The second-order valence-corrected chi connectivity index (χ2v) is 10.4. The average Bonchev–Trinajstić information content (AvgIpc) is 3.55. The van der Waals surface area contributed by atoms with Crippen LogP contribution in [-0.4, -0.2) is 45.3 Å². The molecule has 0 fully saturated rings. The molecule has 1 aliphatic rings. The predicted molar refractivity (Wildman–Crippen MR) is 134 cm³/mol. The zero-order chi connectivity index (χ0) is 23.5. The molecule has 34 heavy (non-hydrogen) atoms. The Bertz CT molecular complexity index is 1280. The molecule has 5 rings (SSSR count). The lowest BCUT2D eigenvalue weighted by molar-refractivity contribution is -0.132. The molecule has 3 aromatic heterocycles. The summed E-state index contributed by atoms with van der Waals surface area (Å²) in [5.74, 6) is 1.47. The molecule has 4 aromatic rings. The number of thiazole rings is 1. The Labute approximate surface area is 206 Å². The van der Waals surface area contributed by atoms with E-state index in [2.05, 4.69) is 41.3 Å². The number of aromatic nitrogens is 3. The SMILES string of the molecule is Cc1ccc(-c2cc3c(c(OCCc4scnc4C)c2)OCCN(C(=O)Cn2cccn2)C3)s1. The Morgan fingerprint density at radius 3 is 2.91 bits per heavy atom. The summed E-state index contributed by atoms with van der Waals surface area (Å²) >= 11 is 3.40. The molecular formula is C25H26N4O3S2. The first-order valence-electron chi connectivity index (χ1n) is 11.2. The lowest BCUT2D eigenvalue weighted by Gasteiger charge is -2.20. The molecule has 9 heteroatoms. The van der Waals surface area contributed by atoms with Crippen LogP contribution < -0.4 is 9.47 Å².